The minimum atomic E-state index is -0.903. The second-order valence-corrected chi connectivity index (χ2v) is 8.66. The van der Waals surface area contributed by atoms with Gasteiger partial charge in [-0.1, -0.05) is 35.9 Å². The molecule has 6 nitrogen and oxygen atoms in total. The smallest absolute Gasteiger partial charge is 0.354 e. The van der Waals surface area contributed by atoms with Gasteiger partial charge in [0.2, 0.25) is 0 Å². The van der Waals surface area contributed by atoms with Crippen molar-refractivity contribution in [3.8, 4) is 0 Å². The van der Waals surface area contributed by atoms with E-state index in [1.54, 1.807) is 61.7 Å². The second-order valence-electron chi connectivity index (χ2n) is 8.25. The standard InChI is InChI=1S/C27H28ClFN2O4/c1-6-30-17(3)23(16(2)24(30)27(34)35-5)25(32)18(4)31(15-19-11-13-20(29)14-12-19)26(33)21-9-7-8-10-22(21)28/h7-14,18H,6,15H2,1-5H3. The molecule has 8 heteroatoms. The number of esters is 1. The maximum Gasteiger partial charge on any atom is 0.354 e. The van der Waals surface area contributed by atoms with E-state index in [0.717, 1.165) is 0 Å². The van der Waals surface area contributed by atoms with Gasteiger partial charge in [-0.15, -0.1) is 0 Å². The first-order valence-corrected chi connectivity index (χ1v) is 11.6. The van der Waals surface area contributed by atoms with Gasteiger partial charge >= 0.3 is 5.97 Å². The van der Waals surface area contributed by atoms with Crippen molar-refractivity contribution in [3.63, 3.8) is 0 Å². The van der Waals surface area contributed by atoms with Crippen molar-refractivity contribution in [1.82, 2.24) is 9.47 Å². The summed E-state index contributed by atoms with van der Waals surface area (Å²) >= 11 is 6.30. The summed E-state index contributed by atoms with van der Waals surface area (Å²) in [5, 5.41) is 0.263. The van der Waals surface area contributed by atoms with Crippen LogP contribution in [0.15, 0.2) is 48.5 Å². The van der Waals surface area contributed by atoms with E-state index in [9.17, 15) is 18.8 Å². The predicted octanol–water partition coefficient (Wildman–Crippen LogP) is 5.62. The highest BCUT2D eigenvalue weighted by Gasteiger charge is 2.33. The Hall–Kier alpha value is -3.45. The number of amides is 1. The third kappa shape index (κ3) is 5.15. The zero-order valence-corrected chi connectivity index (χ0v) is 21.1. The lowest BCUT2D eigenvalue weighted by molar-refractivity contribution is 0.0586. The predicted molar refractivity (Wildman–Crippen MR) is 132 cm³/mol. The number of hydrogen-bond donors (Lipinski definition) is 0. The van der Waals surface area contributed by atoms with Crippen LogP contribution in [-0.4, -0.2) is 40.3 Å². The number of halogens is 2. The van der Waals surface area contributed by atoms with Crippen LogP contribution in [0.5, 0.6) is 0 Å². The fourth-order valence-corrected chi connectivity index (χ4v) is 4.54. The van der Waals surface area contributed by atoms with Crippen LogP contribution >= 0.6 is 11.6 Å². The summed E-state index contributed by atoms with van der Waals surface area (Å²) in [7, 11) is 1.29. The largest absolute Gasteiger partial charge is 0.464 e. The highest BCUT2D eigenvalue weighted by Crippen LogP contribution is 2.27. The molecule has 0 bridgehead atoms. The molecule has 0 spiro atoms. The summed E-state index contributed by atoms with van der Waals surface area (Å²) in [5.74, 6) is -1.68. The fraction of sp³-hybridized carbons (Fsp3) is 0.296. The van der Waals surface area contributed by atoms with Crippen LogP contribution in [0.3, 0.4) is 0 Å². The summed E-state index contributed by atoms with van der Waals surface area (Å²) in [6.45, 7) is 7.51. The topological polar surface area (TPSA) is 68.6 Å². The van der Waals surface area contributed by atoms with E-state index in [0.29, 0.717) is 34.6 Å². The Morgan fingerprint density at radius 2 is 1.71 bits per heavy atom. The highest BCUT2D eigenvalue weighted by atomic mass is 35.5. The van der Waals surface area contributed by atoms with E-state index in [2.05, 4.69) is 0 Å². The van der Waals surface area contributed by atoms with Crippen LogP contribution in [0.1, 0.15) is 61.9 Å². The number of methoxy groups -OCH3 is 1. The van der Waals surface area contributed by atoms with Crippen LogP contribution in [-0.2, 0) is 17.8 Å². The summed E-state index contributed by atoms with van der Waals surface area (Å²) in [4.78, 5) is 41.3. The lowest BCUT2D eigenvalue weighted by Gasteiger charge is -2.29. The number of carbonyl (C=O) groups excluding carboxylic acids is 3. The normalized spacial score (nSPS) is 11.7. The van der Waals surface area contributed by atoms with Crippen LogP contribution in [0.2, 0.25) is 5.02 Å². The minimum absolute atomic E-state index is 0.0632. The zero-order chi connectivity index (χ0) is 25.9. The number of nitrogens with zero attached hydrogens (tertiary/aromatic N) is 2. The number of Topliss-reactive ketones (excluding diaryl/α,β-unsaturated/α-hetero) is 1. The van der Waals surface area contributed by atoms with E-state index in [4.69, 9.17) is 16.3 Å². The highest BCUT2D eigenvalue weighted by molar-refractivity contribution is 6.33. The second kappa shape index (κ2) is 10.9. The van der Waals surface area contributed by atoms with Crippen LogP contribution < -0.4 is 0 Å². The third-order valence-corrected chi connectivity index (χ3v) is 6.52. The molecular weight excluding hydrogens is 471 g/mol. The molecule has 3 aromatic rings. The lowest BCUT2D eigenvalue weighted by Crippen LogP contribution is -2.43. The summed E-state index contributed by atoms with van der Waals surface area (Å²) in [6.07, 6.45) is 0. The maximum atomic E-state index is 13.8. The third-order valence-electron chi connectivity index (χ3n) is 6.19. The van der Waals surface area contributed by atoms with Gasteiger partial charge in [-0.2, -0.15) is 0 Å². The van der Waals surface area contributed by atoms with E-state index in [1.807, 2.05) is 6.92 Å². The van der Waals surface area contributed by atoms with Crippen molar-refractivity contribution < 1.29 is 23.5 Å². The summed E-state index contributed by atoms with van der Waals surface area (Å²) < 4.78 is 20.1. The van der Waals surface area contributed by atoms with E-state index in [-0.39, 0.29) is 22.9 Å². The van der Waals surface area contributed by atoms with Crippen molar-refractivity contribution in [3.05, 3.63) is 93.0 Å². The maximum absolute atomic E-state index is 13.8. The first kappa shape index (κ1) is 26.2. The molecule has 1 aromatic heterocycles. The molecule has 3 rings (SSSR count). The molecule has 0 radical (unpaired) electrons. The van der Waals surface area contributed by atoms with E-state index in [1.165, 1.54) is 24.1 Å². The number of rotatable bonds is 8. The Kier molecular flexibility index (Phi) is 8.12. The molecular formula is C27H28ClFN2O4. The quantitative estimate of drug-likeness (QED) is 0.298. The van der Waals surface area contributed by atoms with Gasteiger partial charge in [0, 0.05) is 24.3 Å². The Morgan fingerprint density at radius 3 is 2.29 bits per heavy atom. The molecule has 1 unspecified atom stereocenters. The Balaban J connectivity index is 2.08. The van der Waals surface area contributed by atoms with Gasteiger partial charge in [0.15, 0.2) is 5.78 Å². The van der Waals surface area contributed by atoms with Crippen LogP contribution in [0, 0.1) is 19.7 Å². The molecule has 1 heterocycles. The molecule has 1 atom stereocenters. The molecule has 0 aliphatic heterocycles. The molecule has 0 fully saturated rings. The van der Waals surface area contributed by atoms with Gasteiger partial charge in [0.25, 0.3) is 5.91 Å². The molecule has 0 saturated heterocycles. The monoisotopic (exact) mass is 498 g/mol. The molecule has 0 aliphatic rings. The van der Waals surface area contributed by atoms with Crippen molar-refractivity contribution >= 4 is 29.3 Å². The van der Waals surface area contributed by atoms with Crippen molar-refractivity contribution in [2.24, 2.45) is 0 Å². The first-order chi connectivity index (χ1) is 16.6. The average Bonchev–Trinajstić information content (AvgIpc) is 3.11. The molecule has 184 valence electrons. The first-order valence-electron chi connectivity index (χ1n) is 11.2. The molecule has 0 saturated carbocycles. The van der Waals surface area contributed by atoms with Gasteiger partial charge in [-0.3, -0.25) is 9.59 Å². The SMILES string of the molecule is CCn1c(C)c(C(=O)C(C)N(Cc2ccc(F)cc2)C(=O)c2ccccc2Cl)c(C)c1C(=O)OC. The van der Waals surface area contributed by atoms with Crippen LogP contribution in [0.25, 0.3) is 0 Å². The minimum Gasteiger partial charge on any atom is -0.464 e. The van der Waals surface area contributed by atoms with Crippen LogP contribution in [0.4, 0.5) is 4.39 Å². The summed E-state index contributed by atoms with van der Waals surface area (Å²) in [5.41, 5.74) is 2.71. The Bertz CT molecular complexity index is 1270. The van der Waals surface area contributed by atoms with Gasteiger partial charge < -0.3 is 14.2 Å². The number of carbonyl (C=O) groups is 3. The van der Waals surface area contributed by atoms with E-state index < -0.39 is 23.7 Å². The molecule has 0 aliphatic carbocycles. The van der Waals surface area contributed by atoms with Gasteiger partial charge in [0.05, 0.1) is 23.7 Å². The number of aromatic nitrogens is 1. The molecule has 1 amide bonds. The van der Waals surface area contributed by atoms with E-state index >= 15 is 0 Å². The molecule has 35 heavy (non-hydrogen) atoms. The zero-order valence-electron chi connectivity index (χ0n) is 20.4. The Labute approximate surface area is 209 Å². The van der Waals surface area contributed by atoms with Gasteiger partial charge in [-0.25, -0.2) is 9.18 Å². The van der Waals surface area contributed by atoms with Crippen molar-refractivity contribution in [2.75, 3.05) is 7.11 Å². The summed E-state index contributed by atoms with van der Waals surface area (Å²) in [6, 6.07) is 11.5. The molecule has 2 aromatic carbocycles. The molecule has 0 N–H and O–H groups in total. The average molecular weight is 499 g/mol. The number of hydrogen-bond acceptors (Lipinski definition) is 4. The number of ether oxygens (including phenoxy) is 1. The van der Waals surface area contributed by atoms with Gasteiger partial charge in [-0.05, 0) is 63.1 Å². The number of benzene rings is 2. The van der Waals surface area contributed by atoms with Gasteiger partial charge in [0.1, 0.15) is 11.5 Å². The Morgan fingerprint density at radius 1 is 1.09 bits per heavy atom. The lowest BCUT2D eigenvalue weighted by atomic mass is 9.98. The van der Waals surface area contributed by atoms with Crippen molar-refractivity contribution in [2.45, 2.75) is 46.8 Å². The fourth-order valence-electron chi connectivity index (χ4n) is 4.32. The number of ketones is 1. The van der Waals surface area contributed by atoms with Crippen molar-refractivity contribution in [1.29, 1.82) is 0 Å².